The third-order valence-electron chi connectivity index (χ3n) is 2.40. The summed E-state index contributed by atoms with van der Waals surface area (Å²) in [6, 6.07) is 2.08. The Hall–Kier alpha value is -2.09. The maximum Gasteiger partial charge on any atom is 0.416 e. The molecule has 0 heterocycles. The molecule has 1 aromatic rings. The number of hydrogen-bond donors (Lipinski definition) is 2. The maximum absolute atomic E-state index is 12.5. The van der Waals surface area contributed by atoms with Crippen molar-refractivity contribution in [1.29, 1.82) is 0 Å². The molecule has 0 atom stereocenters. The first kappa shape index (κ1) is 17.0. The normalized spacial score (nSPS) is 11.5. The largest absolute Gasteiger partial charge is 0.478 e. The van der Waals surface area contributed by atoms with Gasteiger partial charge in [-0.1, -0.05) is 0 Å². The zero-order chi connectivity index (χ0) is 16.2. The third kappa shape index (κ3) is 5.07. The van der Waals surface area contributed by atoms with Gasteiger partial charge >= 0.3 is 12.1 Å². The van der Waals surface area contributed by atoms with Crippen LogP contribution in [-0.4, -0.2) is 29.7 Å². The highest BCUT2D eigenvalue weighted by molar-refractivity contribution is 6.01. The molecule has 1 amide bonds. The van der Waals surface area contributed by atoms with Gasteiger partial charge in [0.25, 0.3) is 0 Å². The third-order valence-corrected chi connectivity index (χ3v) is 2.40. The second kappa shape index (κ2) is 6.57. The number of amides is 1. The molecule has 0 spiro atoms. The van der Waals surface area contributed by atoms with Crippen LogP contribution in [0.5, 0.6) is 0 Å². The molecule has 0 saturated heterocycles. The van der Waals surface area contributed by atoms with Crippen LogP contribution in [0.3, 0.4) is 0 Å². The van der Waals surface area contributed by atoms with Crippen molar-refractivity contribution in [3.8, 4) is 0 Å². The number of nitrogens with one attached hydrogen (secondary N) is 1. The summed E-state index contributed by atoms with van der Waals surface area (Å²) < 4.78 is 42.6. The van der Waals surface area contributed by atoms with Gasteiger partial charge in [0.2, 0.25) is 5.91 Å². The van der Waals surface area contributed by atoms with E-state index in [1.54, 1.807) is 13.8 Å². The molecule has 0 radical (unpaired) electrons. The summed E-state index contributed by atoms with van der Waals surface area (Å²) >= 11 is 0. The zero-order valence-electron chi connectivity index (χ0n) is 11.3. The Labute approximate surface area is 118 Å². The first-order valence-corrected chi connectivity index (χ1v) is 5.97. The average molecular weight is 305 g/mol. The van der Waals surface area contributed by atoms with E-state index in [0.29, 0.717) is 12.1 Å². The fourth-order valence-corrected chi connectivity index (χ4v) is 1.44. The summed E-state index contributed by atoms with van der Waals surface area (Å²) in [7, 11) is 0. The molecule has 0 unspecified atom stereocenters. The Bertz CT molecular complexity index is 541. The number of carbonyl (C=O) groups is 2. The number of hydrogen-bond acceptors (Lipinski definition) is 3. The number of alkyl halides is 3. The van der Waals surface area contributed by atoms with Crippen molar-refractivity contribution in [2.45, 2.75) is 26.1 Å². The summed E-state index contributed by atoms with van der Waals surface area (Å²) in [5.74, 6) is -2.22. The van der Waals surface area contributed by atoms with Crippen molar-refractivity contribution in [3.05, 3.63) is 29.3 Å². The monoisotopic (exact) mass is 305 g/mol. The van der Waals surface area contributed by atoms with E-state index in [0.717, 1.165) is 6.07 Å². The number of carbonyl (C=O) groups excluding carboxylic acids is 1. The molecule has 0 saturated carbocycles. The standard InChI is InChI=1S/C13H14F3NO4/c1-7(2)21-6-11(18)17-10-4-3-8(13(14,15)16)5-9(10)12(19)20/h3-5,7H,6H2,1-2H3,(H,17,18)(H,19,20). The van der Waals surface area contributed by atoms with Gasteiger partial charge in [0, 0.05) is 0 Å². The molecular weight excluding hydrogens is 291 g/mol. The number of benzene rings is 1. The van der Waals surface area contributed by atoms with E-state index in [1.807, 2.05) is 0 Å². The van der Waals surface area contributed by atoms with Crippen molar-refractivity contribution in [2.75, 3.05) is 11.9 Å². The molecule has 1 aromatic carbocycles. The lowest BCUT2D eigenvalue weighted by Gasteiger charge is -2.13. The number of anilines is 1. The minimum Gasteiger partial charge on any atom is -0.478 e. The second-order valence-electron chi connectivity index (χ2n) is 4.47. The fourth-order valence-electron chi connectivity index (χ4n) is 1.44. The van der Waals surface area contributed by atoms with E-state index in [4.69, 9.17) is 9.84 Å². The average Bonchev–Trinajstić information content (AvgIpc) is 2.35. The lowest BCUT2D eigenvalue weighted by molar-refractivity contribution is -0.137. The molecule has 0 aliphatic rings. The predicted octanol–water partition coefficient (Wildman–Crippen LogP) is 2.77. The second-order valence-corrected chi connectivity index (χ2v) is 4.47. The first-order valence-electron chi connectivity index (χ1n) is 5.97. The minimum atomic E-state index is -4.66. The van der Waals surface area contributed by atoms with Crippen LogP contribution in [0.2, 0.25) is 0 Å². The van der Waals surface area contributed by atoms with Gasteiger partial charge < -0.3 is 15.2 Å². The van der Waals surface area contributed by atoms with Crippen LogP contribution in [0.1, 0.15) is 29.8 Å². The highest BCUT2D eigenvalue weighted by atomic mass is 19.4. The fraction of sp³-hybridized carbons (Fsp3) is 0.385. The molecule has 5 nitrogen and oxygen atoms in total. The van der Waals surface area contributed by atoms with Crippen molar-refractivity contribution in [1.82, 2.24) is 0 Å². The van der Waals surface area contributed by atoms with E-state index in [9.17, 15) is 22.8 Å². The number of carboxylic acid groups (broad SMARTS) is 1. The lowest BCUT2D eigenvalue weighted by Crippen LogP contribution is -2.22. The molecule has 0 aliphatic heterocycles. The van der Waals surface area contributed by atoms with Crippen LogP contribution >= 0.6 is 0 Å². The van der Waals surface area contributed by atoms with E-state index in [1.165, 1.54) is 0 Å². The Morgan fingerprint density at radius 2 is 1.95 bits per heavy atom. The summed E-state index contributed by atoms with van der Waals surface area (Å²) in [4.78, 5) is 22.5. The van der Waals surface area contributed by atoms with E-state index >= 15 is 0 Å². The van der Waals surface area contributed by atoms with Crippen molar-refractivity contribution in [2.24, 2.45) is 0 Å². The molecule has 2 N–H and O–H groups in total. The van der Waals surface area contributed by atoms with Gasteiger partial charge in [-0.15, -0.1) is 0 Å². The number of rotatable bonds is 5. The molecular formula is C13H14F3NO4. The summed E-state index contributed by atoms with van der Waals surface area (Å²) in [6.45, 7) is 3.08. The summed E-state index contributed by atoms with van der Waals surface area (Å²) in [5, 5.41) is 11.2. The quantitative estimate of drug-likeness (QED) is 0.877. The van der Waals surface area contributed by atoms with Crippen LogP contribution in [0.25, 0.3) is 0 Å². The number of halogens is 3. The summed E-state index contributed by atoms with van der Waals surface area (Å²) in [5.41, 5.74) is -1.95. The lowest BCUT2D eigenvalue weighted by atomic mass is 10.1. The molecule has 0 aliphatic carbocycles. The first-order chi connectivity index (χ1) is 9.61. The molecule has 0 bridgehead atoms. The molecule has 116 valence electrons. The Morgan fingerprint density at radius 3 is 2.43 bits per heavy atom. The van der Waals surface area contributed by atoms with Crippen molar-refractivity contribution in [3.63, 3.8) is 0 Å². The topological polar surface area (TPSA) is 75.6 Å². The highest BCUT2D eigenvalue weighted by Gasteiger charge is 2.32. The van der Waals surface area contributed by atoms with Crippen molar-refractivity contribution >= 4 is 17.6 Å². The number of aromatic carboxylic acids is 1. The minimum absolute atomic E-state index is 0.206. The number of carboxylic acids is 1. The van der Waals surface area contributed by atoms with Crippen LogP contribution in [-0.2, 0) is 15.7 Å². The van der Waals surface area contributed by atoms with Gasteiger partial charge in [-0.3, -0.25) is 4.79 Å². The molecule has 8 heteroatoms. The number of ether oxygens (including phenoxy) is 1. The van der Waals surface area contributed by atoms with Gasteiger partial charge in [-0.25, -0.2) is 4.79 Å². The van der Waals surface area contributed by atoms with Crippen LogP contribution in [0.4, 0.5) is 18.9 Å². The Balaban J connectivity index is 2.97. The molecule has 0 fully saturated rings. The van der Waals surface area contributed by atoms with Gasteiger partial charge in [-0.2, -0.15) is 13.2 Å². The molecule has 21 heavy (non-hydrogen) atoms. The SMILES string of the molecule is CC(C)OCC(=O)Nc1ccc(C(F)(F)F)cc1C(=O)O. The maximum atomic E-state index is 12.5. The van der Waals surface area contributed by atoms with Crippen LogP contribution < -0.4 is 5.32 Å². The van der Waals surface area contributed by atoms with Crippen LogP contribution in [0, 0.1) is 0 Å². The smallest absolute Gasteiger partial charge is 0.416 e. The van der Waals surface area contributed by atoms with E-state index in [-0.39, 0.29) is 18.4 Å². The molecule has 0 aromatic heterocycles. The highest BCUT2D eigenvalue weighted by Crippen LogP contribution is 2.31. The van der Waals surface area contributed by atoms with Crippen LogP contribution in [0.15, 0.2) is 18.2 Å². The molecule has 1 rings (SSSR count). The van der Waals surface area contributed by atoms with Crippen molar-refractivity contribution < 1.29 is 32.6 Å². The predicted molar refractivity (Wildman–Crippen MR) is 68.1 cm³/mol. The van der Waals surface area contributed by atoms with E-state index < -0.39 is 29.2 Å². The van der Waals surface area contributed by atoms with Gasteiger partial charge in [0.1, 0.15) is 6.61 Å². The summed E-state index contributed by atoms with van der Waals surface area (Å²) in [6.07, 6.45) is -4.87. The zero-order valence-corrected chi connectivity index (χ0v) is 11.3. The Morgan fingerprint density at radius 1 is 1.33 bits per heavy atom. The van der Waals surface area contributed by atoms with Gasteiger partial charge in [0.15, 0.2) is 0 Å². The van der Waals surface area contributed by atoms with E-state index in [2.05, 4.69) is 5.32 Å². The van der Waals surface area contributed by atoms with Gasteiger partial charge in [0.05, 0.1) is 22.9 Å². The van der Waals surface area contributed by atoms with Gasteiger partial charge in [-0.05, 0) is 32.0 Å². The Kier molecular flexibility index (Phi) is 5.31.